The molecular formula is C29H25N3O6. The number of rotatable bonds is 8. The van der Waals surface area contributed by atoms with Crippen molar-refractivity contribution in [3.63, 3.8) is 0 Å². The summed E-state index contributed by atoms with van der Waals surface area (Å²) in [6.07, 6.45) is 0.144. The molecule has 1 aliphatic heterocycles. The van der Waals surface area contributed by atoms with Gasteiger partial charge in [-0.2, -0.15) is 4.98 Å². The van der Waals surface area contributed by atoms with Gasteiger partial charge in [0.15, 0.2) is 11.2 Å². The second-order valence-electron chi connectivity index (χ2n) is 9.36. The summed E-state index contributed by atoms with van der Waals surface area (Å²) in [7, 11) is 0. The van der Waals surface area contributed by atoms with Gasteiger partial charge in [-0.1, -0.05) is 71.9 Å². The van der Waals surface area contributed by atoms with E-state index in [9.17, 15) is 24.6 Å². The van der Waals surface area contributed by atoms with Crippen LogP contribution in [0.15, 0.2) is 83.4 Å². The Morgan fingerprint density at radius 2 is 1.37 bits per heavy atom. The number of hydrogen-bond donors (Lipinski definition) is 2. The van der Waals surface area contributed by atoms with Crippen molar-refractivity contribution in [1.29, 1.82) is 0 Å². The summed E-state index contributed by atoms with van der Waals surface area (Å²) in [6, 6.07) is 23.7. The molecule has 4 aromatic rings. The van der Waals surface area contributed by atoms with Gasteiger partial charge >= 0.3 is 11.9 Å². The zero-order chi connectivity index (χ0) is 26.7. The molecule has 38 heavy (non-hydrogen) atoms. The van der Waals surface area contributed by atoms with E-state index in [1.807, 2.05) is 42.5 Å². The SMILES string of the molecule is O=C(c1ccccc1)c1ccc(-c2nc(-c3ccc(CN4CCC(C(=O)O)(C(=O)O)CC4)cc3)no2)cc1. The third-order valence-corrected chi connectivity index (χ3v) is 7.00. The van der Waals surface area contributed by atoms with Crippen LogP contribution in [0.2, 0.25) is 0 Å². The molecule has 3 aromatic carbocycles. The number of hydrogen-bond acceptors (Lipinski definition) is 7. The fourth-order valence-corrected chi connectivity index (χ4v) is 4.61. The first-order chi connectivity index (χ1) is 18.4. The number of carbonyl (C=O) groups is 3. The quantitative estimate of drug-likeness (QED) is 0.261. The van der Waals surface area contributed by atoms with E-state index in [-0.39, 0.29) is 18.6 Å². The Hall–Kier alpha value is -4.63. The Kier molecular flexibility index (Phi) is 6.85. The minimum atomic E-state index is -1.70. The van der Waals surface area contributed by atoms with Crippen LogP contribution in [0.5, 0.6) is 0 Å². The van der Waals surface area contributed by atoms with Crippen LogP contribution in [-0.4, -0.2) is 56.1 Å². The summed E-state index contributed by atoms with van der Waals surface area (Å²) in [5, 5.41) is 22.9. The molecule has 1 saturated heterocycles. The van der Waals surface area contributed by atoms with Gasteiger partial charge in [-0.25, -0.2) is 0 Å². The molecule has 2 N–H and O–H groups in total. The zero-order valence-corrected chi connectivity index (χ0v) is 20.4. The number of piperidine rings is 1. The predicted octanol–water partition coefficient (Wildman–Crippen LogP) is 4.39. The Balaban J connectivity index is 1.22. The average Bonchev–Trinajstić information content (AvgIpc) is 3.44. The first kappa shape index (κ1) is 25.0. The molecule has 0 atom stereocenters. The number of benzene rings is 3. The summed E-state index contributed by atoms with van der Waals surface area (Å²) in [5.74, 6) is -1.83. The standard InChI is InChI=1S/C29H25N3O6/c33-24(20-4-2-1-3-5-20)21-10-12-23(13-11-21)26-30-25(31-38-26)22-8-6-19(7-9-22)18-32-16-14-29(15-17-32,27(34)35)28(36)37/h1-13H,14-18H2,(H,34,35)(H,36,37). The molecule has 1 aliphatic rings. The molecule has 0 aliphatic carbocycles. The molecule has 0 bridgehead atoms. The Bertz CT molecular complexity index is 1440. The monoisotopic (exact) mass is 511 g/mol. The Morgan fingerprint density at radius 1 is 0.789 bits per heavy atom. The lowest BCUT2D eigenvalue weighted by Crippen LogP contribution is -2.48. The number of likely N-dealkylation sites (tertiary alicyclic amines) is 1. The van der Waals surface area contributed by atoms with E-state index < -0.39 is 17.4 Å². The molecule has 9 heteroatoms. The molecular weight excluding hydrogens is 486 g/mol. The van der Waals surface area contributed by atoms with Crippen molar-refractivity contribution in [2.24, 2.45) is 5.41 Å². The third kappa shape index (κ3) is 4.96. The van der Waals surface area contributed by atoms with E-state index in [4.69, 9.17) is 4.52 Å². The van der Waals surface area contributed by atoms with Crippen molar-refractivity contribution in [2.75, 3.05) is 13.1 Å². The molecule has 192 valence electrons. The van der Waals surface area contributed by atoms with Crippen LogP contribution < -0.4 is 0 Å². The molecule has 0 radical (unpaired) electrons. The number of ketones is 1. The number of carboxylic acid groups (broad SMARTS) is 2. The van der Waals surface area contributed by atoms with Crippen molar-refractivity contribution in [3.8, 4) is 22.8 Å². The van der Waals surface area contributed by atoms with Crippen molar-refractivity contribution < 1.29 is 29.1 Å². The highest BCUT2D eigenvalue weighted by Crippen LogP contribution is 2.33. The van der Waals surface area contributed by atoms with E-state index in [0.29, 0.717) is 48.0 Å². The van der Waals surface area contributed by atoms with Crippen molar-refractivity contribution in [3.05, 3.63) is 95.6 Å². The maximum absolute atomic E-state index is 12.6. The second kappa shape index (κ2) is 10.4. The zero-order valence-electron chi connectivity index (χ0n) is 20.4. The third-order valence-electron chi connectivity index (χ3n) is 7.00. The van der Waals surface area contributed by atoms with Gasteiger partial charge in [0.2, 0.25) is 5.82 Å². The van der Waals surface area contributed by atoms with Crippen molar-refractivity contribution in [2.45, 2.75) is 19.4 Å². The normalized spacial score (nSPS) is 15.2. The molecule has 1 aromatic heterocycles. The molecule has 0 saturated carbocycles. The van der Waals surface area contributed by atoms with Gasteiger partial charge in [-0.3, -0.25) is 19.3 Å². The summed E-state index contributed by atoms with van der Waals surface area (Å²) in [5.41, 5.74) is 1.98. The fraction of sp³-hybridized carbons (Fsp3) is 0.207. The van der Waals surface area contributed by atoms with Crippen molar-refractivity contribution >= 4 is 17.7 Å². The van der Waals surface area contributed by atoms with E-state index in [2.05, 4.69) is 15.0 Å². The number of aliphatic carboxylic acids is 2. The second-order valence-corrected chi connectivity index (χ2v) is 9.36. The van der Waals surface area contributed by atoms with Crippen LogP contribution in [0.1, 0.15) is 34.3 Å². The van der Waals surface area contributed by atoms with E-state index in [1.165, 1.54) is 0 Å². The van der Waals surface area contributed by atoms with Crippen LogP contribution in [0.25, 0.3) is 22.8 Å². The molecule has 5 rings (SSSR count). The van der Waals surface area contributed by atoms with Gasteiger partial charge < -0.3 is 14.7 Å². The van der Waals surface area contributed by atoms with Crippen LogP contribution >= 0.6 is 0 Å². The summed E-state index contributed by atoms with van der Waals surface area (Å²) in [6.45, 7) is 1.37. The summed E-state index contributed by atoms with van der Waals surface area (Å²) >= 11 is 0. The molecule has 2 heterocycles. The number of nitrogens with zero attached hydrogens (tertiary/aromatic N) is 3. The number of carboxylic acids is 2. The lowest BCUT2D eigenvalue weighted by Gasteiger charge is -2.36. The number of carbonyl (C=O) groups excluding carboxylic acids is 1. The first-order valence-electron chi connectivity index (χ1n) is 12.2. The fourth-order valence-electron chi connectivity index (χ4n) is 4.61. The molecule has 0 amide bonds. The Morgan fingerprint density at radius 3 is 1.97 bits per heavy atom. The number of aromatic nitrogens is 2. The van der Waals surface area contributed by atoms with Gasteiger partial charge in [0.25, 0.3) is 5.89 Å². The average molecular weight is 512 g/mol. The molecule has 1 fully saturated rings. The maximum Gasteiger partial charge on any atom is 0.321 e. The Labute approximate surface area is 218 Å². The van der Waals surface area contributed by atoms with Gasteiger partial charge in [0, 0.05) is 41.9 Å². The van der Waals surface area contributed by atoms with Gasteiger partial charge in [-0.05, 0) is 30.5 Å². The van der Waals surface area contributed by atoms with Gasteiger partial charge in [0.05, 0.1) is 0 Å². The molecule has 0 spiro atoms. The maximum atomic E-state index is 12.6. The summed E-state index contributed by atoms with van der Waals surface area (Å²) < 4.78 is 5.45. The van der Waals surface area contributed by atoms with E-state index >= 15 is 0 Å². The van der Waals surface area contributed by atoms with Gasteiger partial charge in [-0.15, -0.1) is 0 Å². The highest BCUT2D eigenvalue weighted by Gasteiger charge is 2.48. The minimum Gasteiger partial charge on any atom is -0.480 e. The van der Waals surface area contributed by atoms with E-state index in [1.54, 1.807) is 36.4 Å². The lowest BCUT2D eigenvalue weighted by atomic mass is 9.78. The highest BCUT2D eigenvalue weighted by molar-refractivity contribution is 6.09. The topological polar surface area (TPSA) is 134 Å². The predicted molar refractivity (Wildman–Crippen MR) is 137 cm³/mol. The summed E-state index contributed by atoms with van der Waals surface area (Å²) in [4.78, 5) is 42.2. The van der Waals surface area contributed by atoms with Crippen LogP contribution in [0, 0.1) is 5.41 Å². The molecule has 0 unspecified atom stereocenters. The molecule has 9 nitrogen and oxygen atoms in total. The van der Waals surface area contributed by atoms with Gasteiger partial charge in [0.1, 0.15) is 0 Å². The lowest BCUT2D eigenvalue weighted by molar-refractivity contribution is -0.168. The van der Waals surface area contributed by atoms with Crippen LogP contribution in [0.3, 0.4) is 0 Å². The first-order valence-corrected chi connectivity index (χ1v) is 12.2. The van der Waals surface area contributed by atoms with E-state index in [0.717, 1.165) is 11.1 Å². The van der Waals surface area contributed by atoms with Crippen LogP contribution in [-0.2, 0) is 16.1 Å². The van der Waals surface area contributed by atoms with Crippen LogP contribution in [0.4, 0.5) is 0 Å². The minimum absolute atomic E-state index is 0.0592. The highest BCUT2D eigenvalue weighted by atomic mass is 16.5. The largest absolute Gasteiger partial charge is 0.480 e. The van der Waals surface area contributed by atoms with Crippen molar-refractivity contribution in [1.82, 2.24) is 15.0 Å². The smallest absolute Gasteiger partial charge is 0.321 e.